The van der Waals surface area contributed by atoms with Gasteiger partial charge in [-0.25, -0.2) is 0 Å². The summed E-state index contributed by atoms with van der Waals surface area (Å²) < 4.78 is 8.24. The van der Waals surface area contributed by atoms with Crippen molar-refractivity contribution in [3.05, 3.63) is 94.2 Å². The van der Waals surface area contributed by atoms with Crippen molar-refractivity contribution in [3.63, 3.8) is 0 Å². The number of ether oxygens (including phenoxy) is 1. The van der Waals surface area contributed by atoms with Crippen LogP contribution in [0, 0.1) is 16.0 Å². The maximum Gasteiger partial charge on any atom is 0.311 e. The molecule has 2 unspecified atom stereocenters. The van der Waals surface area contributed by atoms with E-state index in [4.69, 9.17) is 4.74 Å². The summed E-state index contributed by atoms with van der Waals surface area (Å²) in [5.41, 5.74) is 3.65. The van der Waals surface area contributed by atoms with Crippen molar-refractivity contribution < 1.29 is 19.6 Å². The van der Waals surface area contributed by atoms with Crippen molar-refractivity contribution in [3.8, 4) is 16.9 Å². The van der Waals surface area contributed by atoms with Gasteiger partial charge in [0, 0.05) is 35.8 Å². The van der Waals surface area contributed by atoms with Crippen LogP contribution in [0.15, 0.2) is 72.9 Å². The number of nitro benzene ring substituents is 1. The van der Waals surface area contributed by atoms with Crippen molar-refractivity contribution >= 4 is 22.6 Å². The van der Waals surface area contributed by atoms with Gasteiger partial charge in [-0.2, -0.15) is 0 Å². The van der Waals surface area contributed by atoms with Gasteiger partial charge in [0.05, 0.1) is 10.8 Å². The minimum Gasteiger partial charge on any atom is -0.481 e. The van der Waals surface area contributed by atoms with Crippen LogP contribution in [0.25, 0.3) is 22.0 Å². The summed E-state index contributed by atoms with van der Waals surface area (Å²) >= 11 is 0. The maximum absolute atomic E-state index is 12.1. The van der Waals surface area contributed by atoms with Crippen LogP contribution in [-0.4, -0.2) is 20.6 Å². The van der Waals surface area contributed by atoms with Crippen LogP contribution in [0.3, 0.4) is 0 Å². The predicted octanol–water partition coefficient (Wildman–Crippen LogP) is 6.16. The number of nitrogens with zero attached hydrogens (tertiary/aromatic N) is 2. The molecular weight excluding hydrogens is 432 g/mol. The van der Waals surface area contributed by atoms with Gasteiger partial charge in [-0.15, -0.1) is 0 Å². The molecule has 0 saturated heterocycles. The van der Waals surface area contributed by atoms with Gasteiger partial charge in [0.25, 0.3) is 0 Å². The highest BCUT2D eigenvalue weighted by Gasteiger charge is 2.26. The molecule has 0 aliphatic rings. The molecule has 0 aliphatic heterocycles. The molecule has 0 radical (unpaired) electrons. The molecule has 0 spiro atoms. The second-order valence-corrected chi connectivity index (χ2v) is 8.56. The van der Waals surface area contributed by atoms with Gasteiger partial charge in [-0.1, -0.05) is 43.3 Å². The van der Waals surface area contributed by atoms with E-state index in [1.807, 2.05) is 85.4 Å². The number of aliphatic carboxylic acids is 1. The monoisotopic (exact) mass is 458 g/mol. The minimum absolute atomic E-state index is 0.170. The van der Waals surface area contributed by atoms with E-state index < -0.39 is 22.9 Å². The molecule has 1 aromatic heterocycles. The summed E-state index contributed by atoms with van der Waals surface area (Å²) in [6.45, 7) is 3.44. The van der Waals surface area contributed by atoms with E-state index in [0.717, 1.165) is 22.0 Å². The zero-order chi connectivity index (χ0) is 24.4. The highest BCUT2D eigenvalue weighted by atomic mass is 16.6. The first-order valence-electron chi connectivity index (χ1n) is 11.1. The zero-order valence-electron chi connectivity index (χ0n) is 19.3. The third-order valence-electron chi connectivity index (χ3n) is 6.05. The summed E-state index contributed by atoms with van der Waals surface area (Å²) in [7, 11) is 1.96. The van der Waals surface area contributed by atoms with Gasteiger partial charge >= 0.3 is 11.7 Å². The summed E-state index contributed by atoms with van der Waals surface area (Å²) in [5.74, 6) is -1.46. The van der Waals surface area contributed by atoms with Crippen LogP contribution in [0.2, 0.25) is 0 Å². The molecule has 1 N–H and O–H groups in total. The number of carbonyl (C=O) groups is 1. The number of aromatic nitrogens is 1. The van der Waals surface area contributed by atoms with Gasteiger partial charge < -0.3 is 14.4 Å². The van der Waals surface area contributed by atoms with Crippen molar-refractivity contribution in [2.75, 3.05) is 0 Å². The largest absolute Gasteiger partial charge is 0.481 e. The molecule has 7 heteroatoms. The average Bonchev–Trinajstić information content (AvgIpc) is 3.20. The van der Waals surface area contributed by atoms with Crippen LogP contribution in [-0.2, 0) is 18.3 Å². The fourth-order valence-electron chi connectivity index (χ4n) is 4.12. The Morgan fingerprint density at radius 3 is 2.50 bits per heavy atom. The molecule has 4 rings (SSSR count). The van der Waals surface area contributed by atoms with Crippen LogP contribution >= 0.6 is 0 Å². The number of carboxylic acid groups (broad SMARTS) is 1. The lowest BCUT2D eigenvalue weighted by atomic mass is 9.94. The molecular formula is C27H26N2O5. The van der Waals surface area contributed by atoms with Gasteiger partial charge in [0.15, 0.2) is 0 Å². The lowest BCUT2D eigenvalue weighted by Gasteiger charge is -2.19. The zero-order valence-corrected chi connectivity index (χ0v) is 19.3. The summed E-state index contributed by atoms with van der Waals surface area (Å²) in [5, 5.41) is 22.5. The van der Waals surface area contributed by atoms with Crippen LogP contribution in [0.1, 0.15) is 31.1 Å². The standard InChI is InChI=1S/C27H26N2O5/c1-17(27(30)31)13-19-14-23(21-9-10-24-22(16-21)11-12-28(24)3)26(25(15-19)29(32)33)34-18(2)20-7-5-4-6-8-20/h4-12,14-18H,13H2,1-3H3,(H,30,31). The second-order valence-electron chi connectivity index (χ2n) is 8.56. The molecule has 1 heterocycles. The Labute approximate surface area is 197 Å². The normalized spacial score (nSPS) is 12.9. The molecule has 0 saturated carbocycles. The smallest absolute Gasteiger partial charge is 0.311 e. The average molecular weight is 459 g/mol. The van der Waals surface area contributed by atoms with E-state index in [9.17, 15) is 20.0 Å². The fraction of sp³-hybridized carbons (Fsp3) is 0.222. The second kappa shape index (κ2) is 9.39. The highest BCUT2D eigenvalue weighted by molar-refractivity contribution is 5.88. The fourth-order valence-corrected chi connectivity index (χ4v) is 4.12. The quantitative estimate of drug-likeness (QED) is 0.252. The first kappa shape index (κ1) is 23.0. The van der Waals surface area contributed by atoms with E-state index in [2.05, 4.69) is 0 Å². The lowest BCUT2D eigenvalue weighted by Crippen LogP contribution is -2.13. The van der Waals surface area contributed by atoms with Crippen molar-refractivity contribution in [1.29, 1.82) is 0 Å². The summed E-state index contributed by atoms with van der Waals surface area (Å²) in [4.78, 5) is 23.1. The number of aryl methyl sites for hydroxylation is 1. The molecule has 3 aromatic carbocycles. The molecule has 34 heavy (non-hydrogen) atoms. The molecule has 2 atom stereocenters. The Balaban J connectivity index is 1.89. The molecule has 0 aliphatic carbocycles. The van der Waals surface area contributed by atoms with Gasteiger partial charge in [0.1, 0.15) is 6.10 Å². The third kappa shape index (κ3) is 4.64. The van der Waals surface area contributed by atoms with Gasteiger partial charge in [-0.05, 0) is 54.3 Å². The van der Waals surface area contributed by atoms with Crippen molar-refractivity contribution in [2.45, 2.75) is 26.4 Å². The third-order valence-corrected chi connectivity index (χ3v) is 6.05. The van der Waals surface area contributed by atoms with Crippen LogP contribution < -0.4 is 4.74 Å². The first-order valence-corrected chi connectivity index (χ1v) is 11.1. The Morgan fingerprint density at radius 2 is 1.82 bits per heavy atom. The Morgan fingerprint density at radius 1 is 1.09 bits per heavy atom. The van der Waals surface area contributed by atoms with E-state index >= 15 is 0 Å². The van der Waals surface area contributed by atoms with E-state index in [1.165, 1.54) is 6.07 Å². The molecule has 0 bridgehead atoms. The number of benzene rings is 3. The summed E-state index contributed by atoms with van der Waals surface area (Å²) in [6, 6.07) is 20.6. The topological polar surface area (TPSA) is 94.6 Å². The van der Waals surface area contributed by atoms with Crippen LogP contribution in [0.4, 0.5) is 5.69 Å². The Bertz CT molecular complexity index is 1360. The number of nitro groups is 1. The Kier molecular flexibility index (Phi) is 6.36. The molecule has 7 nitrogen and oxygen atoms in total. The maximum atomic E-state index is 12.1. The number of carboxylic acids is 1. The highest BCUT2D eigenvalue weighted by Crippen LogP contribution is 2.42. The summed E-state index contributed by atoms with van der Waals surface area (Å²) in [6.07, 6.45) is 1.70. The molecule has 4 aromatic rings. The lowest BCUT2D eigenvalue weighted by molar-refractivity contribution is -0.386. The van der Waals surface area contributed by atoms with Crippen molar-refractivity contribution in [2.24, 2.45) is 13.0 Å². The molecule has 0 amide bonds. The van der Waals surface area contributed by atoms with E-state index in [-0.39, 0.29) is 17.9 Å². The van der Waals surface area contributed by atoms with Gasteiger partial charge in [0.2, 0.25) is 5.75 Å². The van der Waals surface area contributed by atoms with E-state index in [1.54, 1.807) is 6.92 Å². The SMILES string of the molecule is CC(Cc1cc(-c2ccc3c(ccn3C)c2)c(OC(C)c2ccccc2)c([N+](=O)[O-])c1)C(=O)O. The Hall–Kier alpha value is -4.13. The van der Waals surface area contributed by atoms with Crippen molar-refractivity contribution in [1.82, 2.24) is 4.57 Å². The number of fused-ring (bicyclic) bond motifs is 1. The van der Waals surface area contributed by atoms with Gasteiger partial charge in [-0.3, -0.25) is 14.9 Å². The minimum atomic E-state index is -0.951. The predicted molar refractivity (Wildman–Crippen MR) is 131 cm³/mol. The number of hydrogen-bond acceptors (Lipinski definition) is 4. The van der Waals surface area contributed by atoms with Crippen LogP contribution in [0.5, 0.6) is 5.75 Å². The molecule has 174 valence electrons. The number of rotatable bonds is 8. The number of hydrogen-bond donors (Lipinski definition) is 1. The first-order chi connectivity index (χ1) is 16.2. The van der Waals surface area contributed by atoms with E-state index in [0.29, 0.717) is 11.1 Å². The molecule has 0 fully saturated rings.